The summed E-state index contributed by atoms with van der Waals surface area (Å²) in [4.78, 5) is 25.3. The van der Waals surface area contributed by atoms with Crippen LogP contribution in [0.1, 0.15) is 58.3 Å². The Kier molecular flexibility index (Phi) is 4.73. The number of aromatic nitrogens is 2. The van der Waals surface area contributed by atoms with E-state index in [1.165, 1.54) is 17.0 Å². The molecule has 1 aromatic heterocycles. The van der Waals surface area contributed by atoms with Crippen LogP contribution in [0, 0.1) is 0 Å². The van der Waals surface area contributed by atoms with Crippen molar-refractivity contribution in [1.82, 2.24) is 14.7 Å². The molecule has 0 unspecified atom stereocenters. The summed E-state index contributed by atoms with van der Waals surface area (Å²) in [7, 11) is 0. The fourth-order valence-corrected chi connectivity index (χ4v) is 3.32. The minimum Gasteiger partial charge on any atom is -0.478 e. The van der Waals surface area contributed by atoms with Crippen molar-refractivity contribution in [1.29, 1.82) is 0 Å². The van der Waals surface area contributed by atoms with Gasteiger partial charge in [-0.2, -0.15) is 18.3 Å². The van der Waals surface area contributed by atoms with Crippen molar-refractivity contribution < 1.29 is 27.9 Å². The van der Waals surface area contributed by atoms with Gasteiger partial charge in [-0.3, -0.25) is 9.48 Å². The van der Waals surface area contributed by atoms with E-state index >= 15 is 0 Å². The fraction of sp³-hybridized carbons (Fsp3) is 0.421. The number of carboxylic acids is 1. The molecule has 1 N–H and O–H groups in total. The smallest absolute Gasteiger partial charge is 0.433 e. The summed E-state index contributed by atoms with van der Waals surface area (Å²) in [5.74, 6) is -1.87. The molecule has 28 heavy (non-hydrogen) atoms. The number of halogens is 3. The molecule has 0 bridgehead atoms. The molecule has 0 saturated heterocycles. The van der Waals surface area contributed by atoms with E-state index in [9.17, 15) is 22.8 Å². The van der Waals surface area contributed by atoms with Gasteiger partial charge in [0.2, 0.25) is 0 Å². The molecule has 1 aromatic carbocycles. The molecule has 6 nitrogen and oxygen atoms in total. The van der Waals surface area contributed by atoms with Gasteiger partial charge in [0.15, 0.2) is 5.69 Å². The largest absolute Gasteiger partial charge is 0.478 e. The molecule has 1 aliphatic rings. The third-order valence-electron chi connectivity index (χ3n) is 4.66. The first-order chi connectivity index (χ1) is 12.9. The lowest BCUT2D eigenvalue weighted by atomic mass is 9.97. The summed E-state index contributed by atoms with van der Waals surface area (Å²) in [6.45, 7) is 5.03. The summed E-state index contributed by atoms with van der Waals surface area (Å²) in [6, 6.07) is 4.62. The van der Waals surface area contributed by atoms with Crippen LogP contribution in [-0.2, 0) is 24.7 Å². The lowest BCUT2D eigenvalue weighted by Crippen LogP contribution is -2.37. The van der Waals surface area contributed by atoms with E-state index in [0.717, 1.165) is 16.4 Å². The minimum absolute atomic E-state index is 0.0489. The summed E-state index contributed by atoms with van der Waals surface area (Å²) < 4.78 is 41.9. The zero-order chi connectivity index (χ0) is 20.9. The van der Waals surface area contributed by atoms with Crippen LogP contribution in [0.2, 0.25) is 0 Å². The number of carbonyl (C=O) groups excluding carboxylic acids is 1. The van der Waals surface area contributed by atoms with E-state index in [0.29, 0.717) is 12.0 Å². The lowest BCUT2D eigenvalue weighted by molar-refractivity contribution is -0.146. The first-order valence-corrected chi connectivity index (χ1v) is 8.69. The highest BCUT2D eigenvalue weighted by atomic mass is 19.4. The molecule has 1 aliphatic heterocycles. The van der Waals surface area contributed by atoms with Gasteiger partial charge in [-0.15, -0.1) is 0 Å². The van der Waals surface area contributed by atoms with Crippen molar-refractivity contribution in [2.24, 2.45) is 0 Å². The number of aromatic carboxylic acids is 1. The second-order valence-electron chi connectivity index (χ2n) is 7.75. The Bertz CT molecular complexity index is 942. The summed E-state index contributed by atoms with van der Waals surface area (Å²) in [5, 5.41) is 13.0. The average Bonchev–Trinajstić information content (AvgIpc) is 3.06. The molecule has 3 rings (SSSR count). The van der Waals surface area contributed by atoms with Gasteiger partial charge in [0.1, 0.15) is 0 Å². The van der Waals surface area contributed by atoms with Gasteiger partial charge in [0.05, 0.1) is 22.9 Å². The van der Waals surface area contributed by atoms with Crippen LogP contribution < -0.4 is 0 Å². The number of benzene rings is 1. The topological polar surface area (TPSA) is 75.4 Å². The number of carboxylic acid groups (broad SMARTS) is 1. The number of amides is 1. The molecule has 2 heterocycles. The normalized spacial score (nSPS) is 14.7. The highest BCUT2D eigenvalue weighted by Crippen LogP contribution is 2.36. The molecule has 0 radical (unpaired) electrons. The van der Waals surface area contributed by atoms with Crippen LogP contribution in [0.25, 0.3) is 0 Å². The van der Waals surface area contributed by atoms with Crippen LogP contribution in [-0.4, -0.2) is 38.2 Å². The fourth-order valence-electron chi connectivity index (χ4n) is 3.32. The Labute approximate surface area is 159 Å². The Morgan fingerprint density at radius 3 is 2.39 bits per heavy atom. The van der Waals surface area contributed by atoms with Crippen LogP contribution in [0.4, 0.5) is 13.2 Å². The molecule has 0 aliphatic carbocycles. The van der Waals surface area contributed by atoms with Crippen molar-refractivity contribution >= 4 is 11.9 Å². The molecule has 0 spiro atoms. The van der Waals surface area contributed by atoms with E-state index < -0.39 is 34.8 Å². The Balaban J connectivity index is 1.97. The van der Waals surface area contributed by atoms with Gasteiger partial charge in [-0.05, 0) is 50.5 Å². The second kappa shape index (κ2) is 6.65. The Morgan fingerprint density at radius 2 is 1.82 bits per heavy atom. The predicted molar refractivity (Wildman–Crippen MR) is 94.1 cm³/mol. The molecular weight excluding hydrogens is 375 g/mol. The number of rotatable bonds is 2. The van der Waals surface area contributed by atoms with E-state index in [4.69, 9.17) is 5.11 Å². The molecule has 150 valence electrons. The van der Waals surface area contributed by atoms with Gasteiger partial charge >= 0.3 is 12.1 Å². The zero-order valence-electron chi connectivity index (χ0n) is 15.7. The molecule has 1 amide bonds. The van der Waals surface area contributed by atoms with Crippen LogP contribution in [0.3, 0.4) is 0 Å². The SMILES string of the molecule is CC(C)(C)n1ncc(C(=O)N2CCc3ccc(C(=O)O)cc3C2)c1C(F)(F)F. The van der Waals surface area contributed by atoms with Crippen molar-refractivity contribution in [2.75, 3.05) is 6.54 Å². The van der Waals surface area contributed by atoms with Gasteiger partial charge in [-0.25, -0.2) is 4.79 Å². The van der Waals surface area contributed by atoms with Crippen LogP contribution >= 0.6 is 0 Å². The summed E-state index contributed by atoms with van der Waals surface area (Å²) >= 11 is 0. The third kappa shape index (κ3) is 3.61. The van der Waals surface area contributed by atoms with Gasteiger partial charge in [0.25, 0.3) is 5.91 Å². The maximum absolute atomic E-state index is 13.7. The molecule has 0 fully saturated rings. The van der Waals surface area contributed by atoms with Gasteiger partial charge < -0.3 is 10.0 Å². The van der Waals surface area contributed by atoms with Crippen molar-refractivity contribution in [3.05, 3.63) is 52.3 Å². The second-order valence-corrected chi connectivity index (χ2v) is 7.75. The number of hydrogen-bond donors (Lipinski definition) is 1. The lowest BCUT2D eigenvalue weighted by Gasteiger charge is -2.30. The molecule has 0 saturated carbocycles. The highest BCUT2D eigenvalue weighted by Gasteiger charge is 2.43. The first kappa shape index (κ1) is 19.9. The third-order valence-corrected chi connectivity index (χ3v) is 4.66. The van der Waals surface area contributed by atoms with E-state index in [1.807, 2.05) is 0 Å². The van der Waals surface area contributed by atoms with Crippen molar-refractivity contribution in [3.63, 3.8) is 0 Å². The zero-order valence-corrected chi connectivity index (χ0v) is 15.7. The predicted octanol–water partition coefficient (Wildman–Crippen LogP) is 3.55. The standard InChI is InChI=1S/C19H20F3N3O3/c1-18(2,3)25-15(19(20,21)22)14(9-23-25)16(26)24-7-6-11-4-5-12(17(27)28)8-13(11)10-24/h4-5,8-9H,6-7,10H2,1-3H3,(H,27,28). The Hall–Kier alpha value is -2.84. The van der Waals surface area contributed by atoms with Crippen molar-refractivity contribution in [3.8, 4) is 0 Å². The maximum atomic E-state index is 13.7. The van der Waals surface area contributed by atoms with E-state index in [1.54, 1.807) is 26.8 Å². The quantitative estimate of drug-likeness (QED) is 0.844. The van der Waals surface area contributed by atoms with Crippen LogP contribution in [0.5, 0.6) is 0 Å². The van der Waals surface area contributed by atoms with E-state index in [-0.39, 0.29) is 18.7 Å². The van der Waals surface area contributed by atoms with Gasteiger partial charge in [0, 0.05) is 13.1 Å². The highest BCUT2D eigenvalue weighted by molar-refractivity contribution is 5.95. The van der Waals surface area contributed by atoms with E-state index in [2.05, 4.69) is 5.10 Å². The monoisotopic (exact) mass is 395 g/mol. The number of alkyl halides is 3. The average molecular weight is 395 g/mol. The number of carbonyl (C=O) groups is 2. The maximum Gasteiger partial charge on any atom is 0.433 e. The summed E-state index contributed by atoms with van der Waals surface area (Å²) in [6.07, 6.45) is -3.34. The Morgan fingerprint density at radius 1 is 1.14 bits per heavy atom. The molecule has 9 heteroatoms. The molecule has 0 atom stereocenters. The van der Waals surface area contributed by atoms with Crippen molar-refractivity contribution in [2.45, 2.75) is 45.5 Å². The number of nitrogens with zero attached hydrogens (tertiary/aromatic N) is 3. The summed E-state index contributed by atoms with van der Waals surface area (Å²) in [5.41, 5.74) is -0.944. The minimum atomic E-state index is -4.74. The van der Waals surface area contributed by atoms with Gasteiger partial charge in [-0.1, -0.05) is 6.07 Å². The first-order valence-electron chi connectivity index (χ1n) is 8.69. The molecular formula is C19H20F3N3O3. The molecule has 2 aromatic rings. The van der Waals surface area contributed by atoms with Crippen LogP contribution in [0.15, 0.2) is 24.4 Å². The number of fused-ring (bicyclic) bond motifs is 1. The number of hydrogen-bond acceptors (Lipinski definition) is 3.